The highest BCUT2D eigenvalue weighted by Crippen LogP contribution is 2.24. The van der Waals surface area contributed by atoms with Crippen molar-refractivity contribution in [1.82, 2.24) is 46.7 Å². The van der Waals surface area contributed by atoms with E-state index in [-0.39, 0.29) is 51.1 Å². The number of H-pyrrole nitrogens is 1. The van der Waals surface area contributed by atoms with Crippen molar-refractivity contribution < 1.29 is 53.1 Å². The number of hydrogen-bond acceptors (Lipinski definition) is 12. The predicted octanol–water partition coefficient (Wildman–Crippen LogP) is -0.406. The van der Waals surface area contributed by atoms with E-state index in [4.69, 9.17) is 17.2 Å². The van der Waals surface area contributed by atoms with Crippen LogP contribution in [-0.2, 0) is 60.8 Å². The third-order valence-electron chi connectivity index (χ3n) is 13.6. The van der Waals surface area contributed by atoms with Crippen LogP contribution in [0.3, 0.4) is 0 Å². The molecule has 0 spiro atoms. The summed E-state index contributed by atoms with van der Waals surface area (Å²) in [5, 5.41) is 26.2. The topological polar surface area (TPSA) is 363 Å². The second-order valence-corrected chi connectivity index (χ2v) is 20.4. The number of fused-ring (bicyclic) bond motifs is 1. The number of rotatable bonds is 28. The average Bonchev–Trinajstić information content (AvgIpc) is 4.17. The number of carboxylic acid groups (broad SMARTS) is 1. The van der Waals surface area contributed by atoms with Gasteiger partial charge in [0.05, 0.1) is 19.0 Å². The maximum atomic E-state index is 14.2. The molecular formula is C53H76N12O11. The molecule has 2 saturated heterocycles. The van der Waals surface area contributed by atoms with Gasteiger partial charge >= 0.3 is 5.97 Å². The summed E-state index contributed by atoms with van der Waals surface area (Å²) in [7, 11) is 0. The third-order valence-corrected chi connectivity index (χ3v) is 13.6. The molecule has 8 atom stereocenters. The van der Waals surface area contributed by atoms with Gasteiger partial charge in [0.15, 0.2) is 0 Å². The van der Waals surface area contributed by atoms with Gasteiger partial charge in [-0.2, -0.15) is 0 Å². The standard InChI is InChI=1S/C53H76N12O11/c1-30(2)24-40(52(74)65-23-13-20-42(65)48(70)60-37(53(75)76)18-10-11-21-54)62-50(72)45(31(3)4)63-47(69)39(27-43(56)66)59-44(67)29-58-46(68)38(25-32-14-6-5-7-15-32)61-49(71)41-19-12-22-64(41)51(73)35(55)26-33-28-57-36-17-9-8-16-34(33)36/h5-9,14-17,28,30-31,35,37-42,45,57H,10-13,18-27,29,54-55H2,1-4H3,(H2,56,66)(H,58,68)(H,59,67)(H,60,70)(H,61,71)(H,62,72)(H,63,69)(H,75,76). The number of likely N-dealkylation sites (tertiary alicyclic amines) is 2. The monoisotopic (exact) mass is 1060 g/mol. The first-order valence-electron chi connectivity index (χ1n) is 26.1. The molecule has 2 aliphatic heterocycles. The zero-order chi connectivity index (χ0) is 55.6. The fraction of sp³-hybridized carbons (Fsp3) is 0.547. The van der Waals surface area contributed by atoms with Crippen molar-refractivity contribution in [3.63, 3.8) is 0 Å². The Morgan fingerprint density at radius 2 is 1.32 bits per heavy atom. The zero-order valence-corrected chi connectivity index (χ0v) is 43.8. The number of aromatic amines is 1. The number of nitrogens with two attached hydrogens (primary N) is 3. The first-order chi connectivity index (χ1) is 36.2. The normalized spacial score (nSPS) is 17.7. The molecule has 1 aromatic heterocycles. The molecule has 0 saturated carbocycles. The van der Waals surface area contributed by atoms with Crippen molar-refractivity contribution in [1.29, 1.82) is 0 Å². The van der Waals surface area contributed by atoms with E-state index in [0.29, 0.717) is 44.2 Å². The van der Waals surface area contributed by atoms with Gasteiger partial charge < -0.3 is 69.0 Å². The van der Waals surface area contributed by atoms with Crippen molar-refractivity contribution in [2.24, 2.45) is 29.0 Å². The van der Waals surface area contributed by atoms with Crippen LogP contribution in [0.5, 0.6) is 0 Å². The number of aliphatic carboxylic acids is 1. The molecular weight excluding hydrogens is 981 g/mol. The van der Waals surface area contributed by atoms with Crippen LogP contribution >= 0.6 is 0 Å². The van der Waals surface area contributed by atoms with E-state index in [0.717, 1.165) is 16.5 Å². The van der Waals surface area contributed by atoms with Crippen LogP contribution in [0.15, 0.2) is 60.8 Å². The van der Waals surface area contributed by atoms with Crippen molar-refractivity contribution >= 4 is 70.0 Å². The molecule has 0 bridgehead atoms. The molecule has 8 unspecified atom stereocenters. The van der Waals surface area contributed by atoms with Gasteiger partial charge in [0.1, 0.15) is 42.3 Å². The number of para-hydroxylation sites is 1. The molecule has 2 aliphatic rings. The van der Waals surface area contributed by atoms with Gasteiger partial charge in [0.25, 0.3) is 0 Å². The molecule has 5 rings (SSSR count). The number of primary amides is 1. The number of carbonyl (C=O) groups is 10. The fourth-order valence-corrected chi connectivity index (χ4v) is 9.68. The van der Waals surface area contributed by atoms with Crippen LogP contribution in [0.25, 0.3) is 10.9 Å². The molecule has 14 N–H and O–H groups in total. The van der Waals surface area contributed by atoms with Gasteiger partial charge in [-0.1, -0.05) is 76.2 Å². The van der Waals surface area contributed by atoms with Gasteiger partial charge in [-0.15, -0.1) is 0 Å². The molecule has 0 aliphatic carbocycles. The minimum Gasteiger partial charge on any atom is -0.480 e. The largest absolute Gasteiger partial charge is 0.480 e. The summed E-state index contributed by atoms with van der Waals surface area (Å²) < 4.78 is 0. The zero-order valence-electron chi connectivity index (χ0n) is 43.8. The van der Waals surface area contributed by atoms with Crippen LogP contribution in [0.2, 0.25) is 0 Å². The summed E-state index contributed by atoms with van der Waals surface area (Å²) in [5.41, 5.74) is 19.9. The molecule has 76 heavy (non-hydrogen) atoms. The molecule has 23 heteroatoms. The average molecular weight is 1060 g/mol. The van der Waals surface area contributed by atoms with E-state index in [1.54, 1.807) is 50.4 Å². The number of carboxylic acids is 1. The number of amides is 9. The maximum Gasteiger partial charge on any atom is 0.326 e. The Hall–Kier alpha value is -7.40. The van der Waals surface area contributed by atoms with Crippen molar-refractivity contribution in [2.45, 2.75) is 147 Å². The molecule has 3 heterocycles. The Morgan fingerprint density at radius 3 is 1.92 bits per heavy atom. The summed E-state index contributed by atoms with van der Waals surface area (Å²) in [4.78, 5) is 141. The lowest BCUT2D eigenvalue weighted by atomic mass is 9.98. The highest BCUT2D eigenvalue weighted by molar-refractivity contribution is 5.99. The fourth-order valence-electron chi connectivity index (χ4n) is 9.68. The van der Waals surface area contributed by atoms with Crippen LogP contribution in [0.1, 0.15) is 96.6 Å². The number of benzene rings is 2. The summed E-state index contributed by atoms with van der Waals surface area (Å²) >= 11 is 0. The number of carbonyl (C=O) groups excluding carboxylic acids is 9. The maximum absolute atomic E-state index is 14.2. The van der Waals surface area contributed by atoms with Crippen LogP contribution in [0.4, 0.5) is 0 Å². The molecule has 414 valence electrons. The molecule has 9 amide bonds. The molecule has 0 radical (unpaired) electrons. The lowest BCUT2D eigenvalue weighted by Crippen LogP contribution is -2.60. The Kier molecular flexibility index (Phi) is 22.3. The third kappa shape index (κ3) is 16.8. The van der Waals surface area contributed by atoms with E-state index in [2.05, 4.69) is 36.9 Å². The van der Waals surface area contributed by atoms with Crippen LogP contribution in [0, 0.1) is 11.8 Å². The lowest BCUT2D eigenvalue weighted by Gasteiger charge is -2.32. The first kappa shape index (κ1) is 59.5. The number of hydrogen-bond donors (Lipinski definition) is 11. The second kappa shape index (κ2) is 28.5. The lowest BCUT2D eigenvalue weighted by molar-refractivity contribution is -0.145. The van der Waals surface area contributed by atoms with E-state index < -0.39 is 126 Å². The van der Waals surface area contributed by atoms with Crippen LogP contribution < -0.4 is 49.1 Å². The number of nitrogens with one attached hydrogen (secondary N) is 7. The summed E-state index contributed by atoms with van der Waals surface area (Å²) in [6.45, 7) is 7.03. The predicted molar refractivity (Wildman–Crippen MR) is 281 cm³/mol. The number of nitrogens with zero attached hydrogens (tertiary/aromatic N) is 2. The van der Waals surface area contributed by atoms with Crippen molar-refractivity contribution in [3.05, 3.63) is 71.9 Å². The summed E-state index contributed by atoms with van der Waals surface area (Å²) in [6, 6.07) is 7.09. The Labute approximate surface area is 442 Å². The van der Waals surface area contributed by atoms with E-state index >= 15 is 0 Å². The van der Waals surface area contributed by atoms with Gasteiger partial charge in [0, 0.05) is 36.6 Å². The summed E-state index contributed by atoms with van der Waals surface area (Å²) in [5.74, 6) is -8.54. The van der Waals surface area contributed by atoms with E-state index in [1.165, 1.54) is 9.80 Å². The molecule has 2 aromatic carbocycles. The van der Waals surface area contributed by atoms with Gasteiger partial charge in [0.2, 0.25) is 53.2 Å². The van der Waals surface area contributed by atoms with Gasteiger partial charge in [-0.3, -0.25) is 43.2 Å². The number of aromatic nitrogens is 1. The first-order valence-corrected chi connectivity index (χ1v) is 26.1. The Balaban J connectivity index is 1.21. The molecule has 3 aromatic rings. The minimum absolute atomic E-state index is 0.00683. The smallest absolute Gasteiger partial charge is 0.326 e. The van der Waals surface area contributed by atoms with E-state index in [9.17, 15) is 53.1 Å². The molecule has 2 fully saturated rings. The number of unbranched alkanes of at least 4 members (excludes halogenated alkanes) is 1. The van der Waals surface area contributed by atoms with Gasteiger partial charge in [-0.05, 0) is 93.4 Å². The Bertz CT molecular complexity index is 2540. The molecule has 23 nitrogen and oxygen atoms in total. The quantitative estimate of drug-likeness (QED) is 0.0413. The summed E-state index contributed by atoms with van der Waals surface area (Å²) in [6.07, 6.45) is 4.26. The Morgan fingerprint density at radius 1 is 0.697 bits per heavy atom. The minimum atomic E-state index is -1.62. The van der Waals surface area contributed by atoms with Gasteiger partial charge in [-0.25, -0.2) is 4.79 Å². The SMILES string of the molecule is CC(C)CC(NC(=O)C(NC(=O)C(CC(N)=O)NC(=O)CNC(=O)C(Cc1ccccc1)NC(=O)C1CCCN1C(=O)C(N)Cc1c[nH]c2ccccc12)C(C)C)C(=O)N1CCCC1C(=O)NC(CCCCN)C(=O)O. The highest BCUT2D eigenvalue weighted by atomic mass is 16.4. The highest BCUT2D eigenvalue weighted by Gasteiger charge is 2.41. The van der Waals surface area contributed by atoms with Crippen molar-refractivity contribution in [3.8, 4) is 0 Å². The second-order valence-electron chi connectivity index (χ2n) is 20.4. The van der Waals surface area contributed by atoms with Crippen molar-refractivity contribution in [2.75, 3.05) is 26.2 Å². The van der Waals surface area contributed by atoms with E-state index in [1.807, 2.05) is 38.1 Å². The van der Waals surface area contributed by atoms with Crippen LogP contribution in [-0.4, -0.2) is 154 Å².